The molecule has 2 aliphatic heterocycles. The van der Waals surface area contributed by atoms with Crippen molar-refractivity contribution in [1.29, 1.82) is 0 Å². The van der Waals surface area contributed by atoms with Crippen LogP contribution in [0.5, 0.6) is 0 Å². The molecule has 0 spiro atoms. The van der Waals surface area contributed by atoms with Gasteiger partial charge in [-0.2, -0.15) is 0 Å². The molecule has 2 aliphatic rings. The topological polar surface area (TPSA) is 95.6 Å². The molecule has 2 N–H and O–H groups in total. The van der Waals surface area contributed by atoms with E-state index in [1.54, 1.807) is 0 Å². The van der Waals surface area contributed by atoms with Crippen molar-refractivity contribution >= 4 is 23.6 Å². The standard InChI is InChI=1S/C10H13N3O4/c1-13-8(15)3-6(10(13)17)12-9(16)5-2-7(14)11-4-5/h5-6H,2-4H2,1H3,(H,11,14)(H,12,16). The van der Waals surface area contributed by atoms with Crippen LogP contribution in [-0.4, -0.2) is 48.2 Å². The fourth-order valence-electron chi connectivity index (χ4n) is 1.95. The van der Waals surface area contributed by atoms with E-state index in [4.69, 9.17) is 0 Å². The number of rotatable bonds is 2. The van der Waals surface area contributed by atoms with Gasteiger partial charge < -0.3 is 10.6 Å². The molecule has 92 valence electrons. The van der Waals surface area contributed by atoms with Gasteiger partial charge in [-0.1, -0.05) is 0 Å². The van der Waals surface area contributed by atoms with Gasteiger partial charge in [-0.15, -0.1) is 0 Å². The summed E-state index contributed by atoms with van der Waals surface area (Å²) >= 11 is 0. The van der Waals surface area contributed by atoms with Crippen molar-refractivity contribution < 1.29 is 19.2 Å². The van der Waals surface area contributed by atoms with Crippen LogP contribution in [0.2, 0.25) is 0 Å². The van der Waals surface area contributed by atoms with Crippen LogP contribution >= 0.6 is 0 Å². The number of amides is 4. The first kappa shape index (κ1) is 11.6. The molecule has 2 rings (SSSR count). The Labute approximate surface area is 97.5 Å². The van der Waals surface area contributed by atoms with Crippen LogP contribution in [0.15, 0.2) is 0 Å². The van der Waals surface area contributed by atoms with Gasteiger partial charge in [-0.05, 0) is 0 Å². The molecule has 2 saturated heterocycles. The van der Waals surface area contributed by atoms with Gasteiger partial charge in [0.15, 0.2) is 0 Å². The maximum atomic E-state index is 11.7. The zero-order valence-corrected chi connectivity index (χ0v) is 9.36. The quantitative estimate of drug-likeness (QED) is 0.544. The van der Waals surface area contributed by atoms with E-state index in [1.165, 1.54) is 7.05 Å². The normalized spacial score (nSPS) is 28.5. The van der Waals surface area contributed by atoms with Crippen molar-refractivity contribution in [3.8, 4) is 0 Å². The number of carbonyl (C=O) groups is 4. The maximum Gasteiger partial charge on any atom is 0.252 e. The van der Waals surface area contributed by atoms with Crippen LogP contribution in [0.1, 0.15) is 12.8 Å². The largest absolute Gasteiger partial charge is 0.355 e. The molecule has 0 bridgehead atoms. The highest BCUT2D eigenvalue weighted by Gasteiger charge is 2.38. The van der Waals surface area contributed by atoms with Gasteiger partial charge in [-0.25, -0.2) is 0 Å². The lowest BCUT2D eigenvalue weighted by Gasteiger charge is -2.13. The van der Waals surface area contributed by atoms with Crippen molar-refractivity contribution in [2.24, 2.45) is 5.92 Å². The average molecular weight is 239 g/mol. The molecule has 7 nitrogen and oxygen atoms in total. The Balaban J connectivity index is 1.94. The summed E-state index contributed by atoms with van der Waals surface area (Å²) in [5.74, 6) is -1.68. The molecule has 17 heavy (non-hydrogen) atoms. The molecule has 2 unspecified atom stereocenters. The average Bonchev–Trinajstić information content (AvgIpc) is 2.80. The Bertz CT molecular complexity index is 406. The number of nitrogens with zero attached hydrogens (tertiary/aromatic N) is 1. The van der Waals surface area contributed by atoms with Gasteiger partial charge in [0.1, 0.15) is 6.04 Å². The summed E-state index contributed by atoms with van der Waals surface area (Å²) in [6, 6.07) is -0.782. The summed E-state index contributed by atoms with van der Waals surface area (Å²) in [4.78, 5) is 46.4. The lowest BCUT2D eigenvalue weighted by molar-refractivity contribution is -0.138. The number of likely N-dealkylation sites (tertiary alicyclic amines) is 1. The first-order chi connectivity index (χ1) is 7.99. The van der Waals surface area contributed by atoms with Crippen LogP contribution in [0.25, 0.3) is 0 Å². The van der Waals surface area contributed by atoms with Crippen LogP contribution in [-0.2, 0) is 19.2 Å². The maximum absolute atomic E-state index is 11.7. The molecular weight excluding hydrogens is 226 g/mol. The van der Waals surface area contributed by atoms with Crippen molar-refractivity contribution in [2.45, 2.75) is 18.9 Å². The minimum absolute atomic E-state index is 0.00479. The van der Waals surface area contributed by atoms with Crippen molar-refractivity contribution in [2.75, 3.05) is 13.6 Å². The summed E-state index contributed by atoms with van der Waals surface area (Å²) in [6.07, 6.45) is 0.131. The van der Waals surface area contributed by atoms with Crippen molar-refractivity contribution in [3.05, 3.63) is 0 Å². The summed E-state index contributed by atoms with van der Waals surface area (Å²) in [5.41, 5.74) is 0. The number of nitrogens with one attached hydrogen (secondary N) is 2. The highest BCUT2D eigenvalue weighted by molar-refractivity contribution is 6.06. The van der Waals surface area contributed by atoms with E-state index in [-0.39, 0.29) is 37.1 Å². The number of hydrogen-bond acceptors (Lipinski definition) is 4. The second kappa shape index (κ2) is 4.15. The van der Waals surface area contributed by atoms with E-state index in [2.05, 4.69) is 10.6 Å². The fraction of sp³-hybridized carbons (Fsp3) is 0.600. The third-order valence-corrected chi connectivity index (χ3v) is 3.05. The molecule has 0 aromatic carbocycles. The highest BCUT2D eigenvalue weighted by Crippen LogP contribution is 2.13. The van der Waals surface area contributed by atoms with E-state index in [0.29, 0.717) is 0 Å². The molecule has 2 atom stereocenters. The molecule has 0 aromatic heterocycles. The smallest absolute Gasteiger partial charge is 0.252 e. The Morgan fingerprint density at radius 3 is 2.53 bits per heavy atom. The number of hydrogen-bond donors (Lipinski definition) is 2. The number of likely N-dealkylation sites (N-methyl/N-ethyl adjacent to an activating group) is 1. The first-order valence-electron chi connectivity index (χ1n) is 5.36. The Hall–Kier alpha value is -1.92. The predicted octanol–water partition coefficient (Wildman–Crippen LogP) is -2.00. The van der Waals surface area contributed by atoms with E-state index in [9.17, 15) is 19.2 Å². The minimum atomic E-state index is -0.782. The van der Waals surface area contributed by atoms with Gasteiger partial charge in [0.05, 0.1) is 12.3 Å². The van der Waals surface area contributed by atoms with Crippen LogP contribution < -0.4 is 10.6 Å². The minimum Gasteiger partial charge on any atom is -0.355 e. The van der Waals surface area contributed by atoms with Crippen LogP contribution in [0.3, 0.4) is 0 Å². The predicted molar refractivity (Wildman–Crippen MR) is 55.4 cm³/mol. The second-order valence-corrected chi connectivity index (χ2v) is 4.26. The number of imide groups is 1. The summed E-state index contributed by atoms with van der Waals surface area (Å²) < 4.78 is 0. The third-order valence-electron chi connectivity index (χ3n) is 3.05. The third kappa shape index (κ3) is 2.13. The Kier molecular flexibility index (Phi) is 2.83. The van der Waals surface area contributed by atoms with Gasteiger partial charge >= 0.3 is 0 Å². The highest BCUT2D eigenvalue weighted by atomic mass is 16.2. The van der Waals surface area contributed by atoms with Gasteiger partial charge in [0.25, 0.3) is 5.91 Å². The van der Waals surface area contributed by atoms with Crippen molar-refractivity contribution in [1.82, 2.24) is 15.5 Å². The Morgan fingerprint density at radius 1 is 1.35 bits per heavy atom. The monoisotopic (exact) mass is 239 g/mol. The first-order valence-corrected chi connectivity index (χ1v) is 5.36. The SMILES string of the molecule is CN1C(=O)CC(NC(=O)C2CNC(=O)C2)C1=O. The molecule has 0 saturated carbocycles. The lowest BCUT2D eigenvalue weighted by atomic mass is 10.1. The number of carbonyl (C=O) groups excluding carboxylic acids is 4. The molecule has 0 aromatic rings. The van der Waals surface area contributed by atoms with Gasteiger partial charge in [-0.3, -0.25) is 24.1 Å². The van der Waals surface area contributed by atoms with E-state index in [0.717, 1.165) is 4.90 Å². The molecule has 4 amide bonds. The molecule has 2 heterocycles. The van der Waals surface area contributed by atoms with Crippen LogP contribution in [0.4, 0.5) is 0 Å². The summed E-state index contributed by atoms with van der Waals surface area (Å²) in [7, 11) is 1.39. The summed E-state index contributed by atoms with van der Waals surface area (Å²) in [5, 5.41) is 5.05. The lowest BCUT2D eigenvalue weighted by Crippen LogP contribution is -2.43. The zero-order chi connectivity index (χ0) is 12.6. The molecular formula is C10H13N3O4. The molecule has 0 radical (unpaired) electrons. The Morgan fingerprint density at radius 2 is 2.06 bits per heavy atom. The molecule has 0 aliphatic carbocycles. The molecule has 2 fully saturated rings. The zero-order valence-electron chi connectivity index (χ0n) is 9.36. The van der Waals surface area contributed by atoms with Crippen molar-refractivity contribution in [3.63, 3.8) is 0 Å². The fourth-order valence-corrected chi connectivity index (χ4v) is 1.95. The van der Waals surface area contributed by atoms with E-state index < -0.39 is 17.9 Å². The van der Waals surface area contributed by atoms with Gasteiger partial charge in [0, 0.05) is 20.0 Å². The van der Waals surface area contributed by atoms with E-state index >= 15 is 0 Å². The van der Waals surface area contributed by atoms with Gasteiger partial charge in [0.2, 0.25) is 17.7 Å². The van der Waals surface area contributed by atoms with Crippen LogP contribution in [0, 0.1) is 5.92 Å². The second-order valence-electron chi connectivity index (χ2n) is 4.26. The van der Waals surface area contributed by atoms with E-state index in [1.807, 2.05) is 0 Å². The summed E-state index contributed by atoms with van der Waals surface area (Å²) in [6.45, 7) is 0.287. The molecule has 7 heteroatoms.